The van der Waals surface area contributed by atoms with Crippen LogP contribution >= 0.6 is 0 Å². The number of nitrogens with one attached hydrogen (secondary N) is 2. The maximum absolute atomic E-state index is 10.8. The molecule has 0 spiro atoms. The number of rotatable bonds is 1. The van der Waals surface area contributed by atoms with Crippen LogP contribution in [0, 0.1) is 0 Å². The number of carbonyl (C=O) groups is 1. The van der Waals surface area contributed by atoms with E-state index in [1.165, 1.54) is 25.2 Å². The molecule has 1 aromatic carbocycles. The quantitative estimate of drug-likeness (QED) is 0.384. The fourth-order valence-electron chi connectivity index (χ4n) is 0.809. The molecule has 0 aliphatic rings. The maximum atomic E-state index is 10.8. The molecule has 70 valence electrons. The molecule has 4 N–H and O–H groups in total. The molecule has 0 fully saturated rings. The minimum Gasteiger partial charge on any atom is -0.508 e. The predicted molar refractivity (Wildman–Crippen MR) is 47.9 cm³/mol. The molecular formula is C8H10N2O3. The first-order valence-corrected chi connectivity index (χ1v) is 3.64. The highest BCUT2D eigenvalue weighted by Crippen LogP contribution is 2.26. The molecule has 1 aromatic rings. The lowest BCUT2D eigenvalue weighted by atomic mass is 10.3. The third kappa shape index (κ3) is 2.26. The maximum Gasteiger partial charge on any atom is 0.319 e. The number of aromatic hydroxyl groups is 2. The van der Waals surface area contributed by atoms with Crippen LogP contribution in [0.15, 0.2) is 18.2 Å². The van der Waals surface area contributed by atoms with Crippen LogP contribution in [0.2, 0.25) is 0 Å². The Morgan fingerprint density at radius 3 is 2.69 bits per heavy atom. The van der Waals surface area contributed by atoms with Crippen LogP contribution < -0.4 is 10.6 Å². The Morgan fingerprint density at radius 2 is 2.08 bits per heavy atom. The normalized spacial score (nSPS) is 9.31. The summed E-state index contributed by atoms with van der Waals surface area (Å²) in [4.78, 5) is 10.8. The Hall–Kier alpha value is -1.91. The molecule has 0 heterocycles. The molecule has 0 radical (unpaired) electrons. The van der Waals surface area contributed by atoms with Crippen LogP contribution in [-0.4, -0.2) is 23.3 Å². The number of benzene rings is 1. The average Bonchev–Trinajstić information content (AvgIpc) is 2.11. The first-order chi connectivity index (χ1) is 6.13. The van der Waals surface area contributed by atoms with E-state index in [0.717, 1.165) is 0 Å². The van der Waals surface area contributed by atoms with E-state index in [1.54, 1.807) is 0 Å². The van der Waals surface area contributed by atoms with E-state index in [-0.39, 0.29) is 17.2 Å². The minimum atomic E-state index is -0.457. The third-order valence-corrected chi connectivity index (χ3v) is 1.46. The second-order valence-corrected chi connectivity index (χ2v) is 2.41. The minimum absolute atomic E-state index is 0.0239. The van der Waals surface area contributed by atoms with Crippen molar-refractivity contribution in [1.29, 1.82) is 0 Å². The molecule has 1 rings (SSSR count). The van der Waals surface area contributed by atoms with Gasteiger partial charge in [0.2, 0.25) is 0 Å². The zero-order valence-corrected chi connectivity index (χ0v) is 7.03. The number of carbonyl (C=O) groups excluding carboxylic acids is 1. The molecule has 0 unspecified atom stereocenters. The summed E-state index contributed by atoms with van der Waals surface area (Å²) < 4.78 is 0. The van der Waals surface area contributed by atoms with Crippen LogP contribution in [0.4, 0.5) is 10.5 Å². The van der Waals surface area contributed by atoms with Crippen LogP contribution in [0.5, 0.6) is 11.5 Å². The van der Waals surface area contributed by atoms with E-state index >= 15 is 0 Å². The van der Waals surface area contributed by atoms with Gasteiger partial charge < -0.3 is 20.8 Å². The van der Waals surface area contributed by atoms with E-state index < -0.39 is 6.03 Å². The van der Waals surface area contributed by atoms with Gasteiger partial charge in [-0.1, -0.05) is 0 Å². The monoisotopic (exact) mass is 182 g/mol. The zero-order valence-electron chi connectivity index (χ0n) is 7.03. The summed E-state index contributed by atoms with van der Waals surface area (Å²) in [7, 11) is 1.45. The summed E-state index contributed by atoms with van der Waals surface area (Å²) >= 11 is 0. The highest BCUT2D eigenvalue weighted by atomic mass is 16.3. The summed E-state index contributed by atoms with van der Waals surface area (Å²) in [6.45, 7) is 0. The molecule has 5 nitrogen and oxygen atoms in total. The molecule has 0 atom stereocenters. The first kappa shape index (κ1) is 9.18. The van der Waals surface area contributed by atoms with Crippen molar-refractivity contribution in [3.05, 3.63) is 18.2 Å². The Morgan fingerprint density at radius 1 is 1.38 bits per heavy atom. The standard InChI is InChI=1S/C8H10N2O3/c1-9-8(13)10-6-4-5(11)2-3-7(6)12/h2-4,11-12H,1H3,(H2,9,10,13). The van der Waals surface area contributed by atoms with Gasteiger partial charge in [-0.05, 0) is 12.1 Å². The van der Waals surface area contributed by atoms with Gasteiger partial charge >= 0.3 is 6.03 Å². The predicted octanol–water partition coefficient (Wildman–Crippen LogP) is 0.849. The lowest BCUT2D eigenvalue weighted by Crippen LogP contribution is -2.24. The van der Waals surface area contributed by atoms with E-state index in [0.29, 0.717) is 0 Å². The van der Waals surface area contributed by atoms with Crippen LogP contribution in [0.1, 0.15) is 0 Å². The number of hydrogen-bond donors (Lipinski definition) is 4. The topological polar surface area (TPSA) is 81.6 Å². The average molecular weight is 182 g/mol. The second-order valence-electron chi connectivity index (χ2n) is 2.41. The number of phenolic OH excluding ortho intramolecular Hbond substituents is 2. The van der Waals surface area contributed by atoms with E-state index in [1.807, 2.05) is 0 Å². The van der Waals surface area contributed by atoms with Crippen molar-refractivity contribution >= 4 is 11.7 Å². The van der Waals surface area contributed by atoms with Crippen LogP contribution in [-0.2, 0) is 0 Å². The summed E-state index contributed by atoms with van der Waals surface area (Å²) in [5.41, 5.74) is 0.166. The van der Waals surface area contributed by atoms with Crippen molar-refractivity contribution in [2.24, 2.45) is 0 Å². The number of hydrogen-bond acceptors (Lipinski definition) is 3. The van der Waals surface area contributed by atoms with Gasteiger partial charge in [-0.3, -0.25) is 0 Å². The van der Waals surface area contributed by atoms with Crippen molar-refractivity contribution in [2.75, 3.05) is 12.4 Å². The summed E-state index contributed by atoms with van der Waals surface area (Å²) in [6, 6.07) is 3.41. The molecular weight excluding hydrogens is 172 g/mol. The van der Waals surface area contributed by atoms with Gasteiger partial charge in [0, 0.05) is 13.1 Å². The largest absolute Gasteiger partial charge is 0.508 e. The number of anilines is 1. The van der Waals surface area contributed by atoms with Crippen molar-refractivity contribution in [3.63, 3.8) is 0 Å². The van der Waals surface area contributed by atoms with Gasteiger partial charge in [0.1, 0.15) is 11.5 Å². The third-order valence-electron chi connectivity index (χ3n) is 1.46. The highest BCUT2D eigenvalue weighted by Gasteiger charge is 2.04. The van der Waals surface area contributed by atoms with Gasteiger partial charge in [-0.2, -0.15) is 0 Å². The van der Waals surface area contributed by atoms with Crippen LogP contribution in [0.25, 0.3) is 0 Å². The smallest absolute Gasteiger partial charge is 0.319 e. The van der Waals surface area contributed by atoms with E-state index in [4.69, 9.17) is 5.11 Å². The number of phenols is 2. The zero-order chi connectivity index (χ0) is 9.84. The van der Waals surface area contributed by atoms with Gasteiger partial charge in [0.25, 0.3) is 0 Å². The fourth-order valence-corrected chi connectivity index (χ4v) is 0.809. The SMILES string of the molecule is CNC(=O)Nc1cc(O)ccc1O. The molecule has 2 amide bonds. The van der Waals surface area contributed by atoms with E-state index in [2.05, 4.69) is 10.6 Å². The lowest BCUT2D eigenvalue weighted by molar-refractivity contribution is 0.254. The van der Waals surface area contributed by atoms with Crippen molar-refractivity contribution in [3.8, 4) is 11.5 Å². The molecule has 0 aromatic heterocycles. The van der Waals surface area contributed by atoms with Crippen molar-refractivity contribution in [2.45, 2.75) is 0 Å². The van der Waals surface area contributed by atoms with Gasteiger partial charge in [-0.25, -0.2) is 4.79 Å². The molecule has 0 saturated carbocycles. The Balaban J connectivity index is 2.87. The lowest BCUT2D eigenvalue weighted by Gasteiger charge is -2.06. The van der Waals surface area contributed by atoms with E-state index in [9.17, 15) is 9.90 Å². The Bertz CT molecular complexity index is 325. The molecule has 13 heavy (non-hydrogen) atoms. The molecule has 5 heteroatoms. The molecule has 0 aliphatic carbocycles. The number of urea groups is 1. The molecule has 0 saturated heterocycles. The van der Waals surface area contributed by atoms with Gasteiger partial charge in [-0.15, -0.1) is 0 Å². The highest BCUT2D eigenvalue weighted by molar-refractivity contribution is 5.90. The molecule has 0 bridgehead atoms. The van der Waals surface area contributed by atoms with Crippen molar-refractivity contribution in [1.82, 2.24) is 5.32 Å². The van der Waals surface area contributed by atoms with Gasteiger partial charge in [0.15, 0.2) is 0 Å². The second kappa shape index (κ2) is 3.66. The Kier molecular flexibility index (Phi) is 2.59. The summed E-state index contributed by atoms with van der Waals surface area (Å²) in [6.07, 6.45) is 0. The van der Waals surface area contributed by atoms with Crippen molar-refractivity contribution < 1.29 is 15.0 Å². The van der Waals surface area contributed by atoms with Crippen LogP contribution in [0.3, 0.4) is 0 Å². The molecule has 0 aliphatic heterocycles. The summed E-state index contributed by atoms with van der Waals surface area (Å²) in [5.74, 6) is -0.120. The summed E-state index contributed by atoms with van der Waals surface area (Å²) in [5, 5.41) is 22.9. The first-order valence-electron chi connectivity index (χ1n) is 3.64. The Labute approximate surface area is 75.0 Å². The fraction of sp³-hybridized carbons (Fsp3) is 0.125. The van der Waals surface area contributed by atoms with Gasteiger partial charge in [0.05, 0.1) is 5.69 Å². The number of amides is 2.